The van der Waals surface area contributed by atoms with Gasteiger partial charge in [-0.25, -0.2) is 8.42 Å². The number of hydrogen-bond acceptors (Lipinski definition) is 5. The quantitative estimate of drug-likeness (QED) is 0.919. The highest BCUT2D eigenvalue weighted by atomic mass is 35.5. The maximum atomic E-state index is 12.0. The minimum atomic E-state index is -3.16. The summed E-state index contributed by atoms with van der Waals surface area (Å²) >= 11 is 7.91. The minimum Gasteiger partial charge on any atom is -0.352 e. The van der Waals surface area contributed by atoms with Crippen LogP contribution < -0.4 is 10.6 Å². The molecule has 0 bridgehead atoms. The lowest BCUT2D eigenvalue weighted by Crippen LogP contribution is -2.47. The first kappa shape index (κ1) is 15.0. The van der Waals surface area contributed by atoms with Crippen LogP contribution in [-0.4, -0.2) is 38.1 Å². The van der Waals surface area contributed by atoms with Crippen LogP contribution in [0.2, 0.25) is 5.02 Å². The number of para-hydroxylation sites is 1. The molecule has 0 saturated carbocycles. The molecular weight excluding hydrogens is 304 g/mol. The standard InChI is InChI=1S/C12H17ClN2O2S2/c1-19(16,17)11-8-18-6-5-15(11)12-9(7-14)3-2-4-10(12)13/h2-4,11H,5-8,14H2,1H3. The second kappa shape index (κ2) is 5.91. The minimum absolute atomic E-state index is 0.343. The Bertz CT molecular complexity index is 563. The van der Waals surface area contributed by atoms with Crippen molar-refractivity contribution in [1.82, 2.24) is 0 Å². The molecule has 0 spiro atoms. The number of halogens is 1. The van der Waals surface area contributed by atoms with Crippen LogP contribution in [0.15, 0.2) is 18.2 Å². The largest absolute Gasteiger partial charge is 0.352 e. The Hall–Kier alpha value is -0.430. The molecule has 0 aromatic heterocycles. The van der Waals surface area contributed by atoms with Gasteiger partial charge in [-0.2, -0.15) is 11.8 Å². The van der Waals surface area contributed by atoms with Gasteiger partial charge in [-0.05, 0) is 11.6 Å². The van der Waals surface area contributed by atoms with Crippen molar-refractivity contribution in [2.75, 3.05) is 29.2 Å². The Morgan fingerprint density at radius 2 is 2.26 bits per heavy atom. The molecule has 1 heterocycles. The third kappa shape index (κ3) is 3.18. The SMILES string of the molecule is CS(=O)(=O)C1CSCCN1c1c(Cl)cccc1CN. The summed E-state index contributed by atoms with van der Waals surface area (Å²) in [5.74, 6) is 1.45. The van der Waals surface area contributed by atoms with Crippen molar-refractivity contribution in [3.05, 3.63) is 28.8 Å². The number of thioether (sulfide) groups is 1. The summed E-state index contributed by atoms with van der Waals surface area (Å²) in [5, 5.41) is 0.0277. The summed E-state index contributed by atoms with van der Waals surface area (Å²) in [4.78, 5) is 1.89. The van der Waals surface area contributed by atoms with Gasteiger partial charge in [0.05, 0.1) is 10.7 Å². The van der Waals surface area contributed by atoms with Crippen LogP contribution in [0.3, 0.4) is 0 Å². The van der Waals surface area contributed by atoms with E-state index in [0.717, 1.165) is 17.0 Å². The van der Waals surface area contributed by atoms with Crippen LogP contribution in [0.1, 0.15) is 5.56 Å². The highest BCUT2D eigenvalue weighted by Crippen LogP contribution is 2.35. The first-order valence-electron chi connectivity index (χ1n) is 5.96. The van der Waals surface area contributed by atoms with E-state index in [1.165, 1.54) is 6.26 Å². The molecule has 106 valence electrons. The molecule has 0 aliphatic carbocycles. The van der Waals surface area contributed by atoms with Gasteiger partial charge in [0, 0.05) is 30.9 Å². The molecule has 1 unspecified atom stereocenters. The zero-order chi connectivity index (χ0) is 14.0. The summed E-state index contributed by atoms with van der Waals surface area (Å²) < 4.78 is 23.9. The highest BCUT2D eigenvalue weighted by molar-refractivity contribution is 8.01. The molecule has 1 aromatic rings. The van der Waals surface area contributed by atoms with Gasteiger partial charge in [-0.3, -0.25) is 0 Å². The van der Waals surface area contributed by atoms with Crippen molar-refractivity contribution in [3.8, 4) is 0 Å². The molecule has 0 radical (unpaired) electrons. The van der Waals surface area contributed by atoms with Gasteiger partial charge in [0.15, 0.2) is 9.84 Å². The van der Waals surface area contributed by atoms with Crippen LogP contribution in [0, 0.1) is 0 Å². The van der Waals surface area contributed by atoms with Crippen LogP contribution in [0.5, 0.6) is 0 Å². The Labute approximate surface area is 123 Å². The zero-order valence-electron chi connectivity index (χ0n) is 10.7. The molecule has 7 heteroatoms. The van der Waals surface area contributed by atoms with Crippen molar-refractivity contribution >= 4 is 38.9 Å². The van der Waals surface area contributed by atoms with Crippen LogP contribution in [0.25, 0.3) is 0 Å². The van der Waals surface area contributed by atoms with E-state index in [4.69, 9.17) is 17.3 Å². The van der Waals surface area contributed by atoms with Crippen molar-refractivity contribution < 1.29 is 8.42 Å². The summed E-state index contributed by atoms with van der Waals surface area (Å²) in [6.07, 6.45) is 1.27. The molecule has 1 saturated heterocycles. The third-order valence-electron chi connectivity index (χ3n) is 3.16. The number of sulfone groups is 1. The fourth-order valence-electron chi connectivity index (χ4n) is 2.24. The van der Waals surface area contributed by atoms with Gasteiger partial charge in [0.1, 0.15) is 5.37 Å². The van der Waals surface area contributed by atoms with Crippen LogP contribution in [-0.2, 0) is 16.4 Å². The van der Waals surface area contributed by atoms with Gasteiger partial charge in [0.25, 0.3) is 0 Å². The fourth-order valence-corrected chi connectivity index (χ4v) is 5.37. The number of benzene rings is 1. The lowest BCUT2D eigenvalue weighted by Gasteiger charge is -2.37. The van der Waals surface area contributed by atoms with Gasteiger partial charge in [-0.15, -0.1) is 0 Å². The zero-order valence-corrected chi connectivity index (χ0v) is 13.1. The van der Waals surface area contributed by atoms with E-state index >= 15 is 0 Å². The molecule has 1 atom stereocenters. The molecule has 19 heavy (non-hydrogen) atoms. The van der Waals surface area contributed by atoms with Gasteiger partial charge >= 0.3 is 0 Å². The van der Waals surface area contributed by atoms with E-state index < -0.39 is 15.2 Å². The summed E-state index contributed by atoms with van der Waals surface area (Å²) in [7, 11) is -3.16. The smallest absolute Gasteiger partial charge is 0.169 e. The molecule has 1 fully saturated rings. The summed E-state index contributed by atoms with van der Waals surface area (Å²) in [5.41, 5.74) is 7.39. The first-order valence-corrected chi connectivity index (χ1v) is 9.44. The van der Waals surface area contributed by atoms with Gasteiger partial charge in [0.2, 0.25) is 0 Å². The Balaban J connectivity index is 2.49. The Morgan fingerprint density at radius 3 is 2.89 bits per heavy atom. The number of hydrogen-bond donors (Lipinski definition) is 1. The average molecular weight is 321 g/mol. The number of nitrogens with zero attached hydrogens (tertiary/aromatic N) is 1. The fraction of sp³-hybridized carbons (Fsp3) is 0.500. The number of rotatable bonds is 3. The lowest BCUT2D eigenvalue weighted by atomic mass is 10.1. The maximum absolute atomic E-state index is 12.0. The molecule has 1 aromatic carbocycles. The van der Waals surface area contributed by atoms with Crippen LogP contribution in [0.4, 0.5) is 5.69 Å². The molecular formula is C12H17ClN2O2S2. The van der Waals surface area contributed by atoms with E-state index in [2.05, 4.69) is 0 Å². The number of anilines is 1. The van der Waals surface area contributed by atoms with E-state index in [9.17, 15) is 8.42 Å². The van der Waals surface area contributed by atoms with Crippen LogP contribution >= 0.6 is 23.4 Å². The molecule has 0 amide bonds. The maximum Gasteiger partial charge on any atom is 0.169 e. The molecule has 4 nitrogen and oxygen atoms in total. The van der Waals surface area contributed by atoms with E-state index in [1.54, 1.807) is 17.8 Å². The van der Waals surface area contributed by atoms with Gasteiger partial charge in [-0.1, -0.05) is 23.7 Å². The molecule has 2 N–H and O–H groups in total. The lowest BCUT2D eigenvalue weighted by molar-refractivity contribution is 0.584. The van der Waals surface area contributed by atoms with E-state index in [-0.39, 0.29) is 0 Å². The van der Waals surface area contributed by atoms with Crippen molar-refractivity contribution in [3.63, 3.8) is 0 Å². The first-order chi connectivity index (χ1) is 8.95. The average Bonchev–Trinajstić information content (AvgIpc) is 2.37. The second-order valence-electron chi connectivity index (χ2n) is 4.50. The van der Waals surface area contributed by atoms with Crippen molar-refractivity contribution in [2.45, 2.75) is 11.9 Å². The molecule has 1 aliphatic rings. The predicted molar refractivity (Wildman–Crippen MR) is 82.6 cm³/mol. The summed E-state index contributed by atoms with van der Waals surface area (Å²) in [6.45, 7) is 1.01. The monoisotopic (exact) mass is 320 g/mol. The van der Waals surface area contributed by atoms with Crippen molar-refractivity contribution in [1.29, 1.82) is 0 Å². The third-order valence-corrected chi connectivity index (χ3v) is 6.10. The van der Waals surface area contributed by atoms with Gasteiger partial charge < -0.3 is 10.6 Å². The normalized spacial score (nSPS) is 20.6. The Kier molecular flexibility index (Phi) is 4.66. The topological polar surface area (TPSA) is 63.4 Å². The van der Waals surface area contributed by atoms with E-state index in [0.29, 0.717) is 23.9 Å². The van der Waals surface area contributed by atoms with Crippen molar-refractivity contribution in [2.24, 2.45) is 5.73 Å². The summed E-state index contributed by atoms with van der Waals surface area (Å²) in [6, 6.07) is 5.50. The number of nitrogens with two attached hydrogens (primary N) is 1. The molecule has 1 aliphatic heterocycles. The highest BCUT2D eigenvalue weighted by Gasteiger charge is 2.33. The Morgan fingerprint density at radius 1 is 1.53 bits per heavy atom. The predicted octanol–water partition coefficient (Wildman–Crippen LogP) is 1.72. The molecule has 2 rings (SSSR count). The van der Waals surface area contributed by atoms with E-state index in [1.807, 2.05) is 17.0 Å². The second-order valence-corrected chi connectivity index (χ2v) is 8.26.